The number of carbonyl (C=O) groups is 2. The van der Waals surface area contributed by atoms with Crippen LogP contribution in [0.15, 0.2) is 46.0 Å². The number of carbonyl (C=O) groups excluding carboxylic acids is 2. The number of anilines is 2. The fourth-order valence-corrected chi connectivity index (χ4v) is 4.03. The van der Waals surface area contributed by atoms with Crippen molar-refractivity contribution in [3.05, 3.63) is 63.4 Å². The molecule has 33 heavy (non-hydrogen) atoms. The standard InChI is InChI=1S/C21H21ClN6O5/c1-12(29)27-7-8-28(16(10-27)14-5-3-4-6-15(14)22)21-25-17(18(30)20(32)26(21)2)19(31)24-13-9-23-33-11-13/h3-6,9,11,16,30H,7-8,10H2,1-2H3,(H,24,31). The molecule has 0 spiro atoms. The molecule has 2 aromatic heterocycles. The predicted octanol–water partition coefficient (Wildman–Crippen LogP) is 1.79. The average molecular weight is 473 g/mol. The van der Waals surface area contributed by atoms with E-state index in [1.54, 1.807) is 21.9 Å². The fourth-order valence-electron chi connectivity index (χ4n) is 3.77. The summed E-state index contributed by atoms with van der Waals surface area (Å²) in [5.74, 6) is -1.52. The van der Waals surface area contributed by atoms with Crippen molar-refractivity contribution in [2.75, 3.05) is 29.9 Å². The first kappa shape index (κ1) is 22.3. The molecule has 1 aliphatic rings. The SMILES string of the molecule is CC(=O)N1CCN(c2nc(C(=O)Nc3cnoc3)c(O)c(=O)n2C)C(c2ccccc2Cl)C1. The Morgan fingerprint density at radius 2 is 2.03 bits per heavy atom. The molecule has 1 aromatic carbocycles. The maximum atomic E-state index is 12.8. The van der Waals surface area contributed by atoms with E-state index in [2.05, 4.69) is 20.0 Å². The zero-order chi connectivity index (χ0) is 23.7. The third-order valence-electron chi connectivity index (χ3n) is 5.50. The van der Waals surface area contributed by atoms with E-state index < -0.39 is 29.0 Å². The van der Waals surface area contributed by atoms with Gasteiger partial charge in [0.25, 0.3) is 11.5 Å². The van der Waals surface area contributed by atoms with Crippen molar-refractivity contribution in [2.24, 2.45) is 7.05 Å². The van der Waals surface area contributed by atoms with E-state index in [9.17, 15) is 19.5 Å². The van der Waals surface area contributed by atoms with Crippen LogP contribution in [0.4, 0.5) is 11.6 Å². The molecule has 3 heterocycles. The molecule has 0 aliphatic carbocycles. The number of rotatable bonds is 4. The van der Waals surface area contributed by atoms with Crippen LogP contribution < -0.4 is 15.8 Å². The van der Waals surface area contributed by atoms with E-state index in [0.717, 1.165) is 5.56 Å². The molecule has 0 radical (unpaired) electrons. The van der Waals surface area contributed by atoms with Gasteiger partial charge in [-0.2, -0.15) is 0 Å². The Morgan fingerprint density at radius 3 is 2.70 bits per heavy atom. The Balaban J connectivity index is 1.79. The van der Waals surface area contributed by atoms with Gasteiger partial charge < -0.3 is 24.7 Å². The molecule has 1 saturated heterocycles. The minimum atomic E-state index is -0.800. The van der Waals surface area contributed by atoms with E-state index in [1.807, 2.05) is 12.1 Å². The van der Waals surface area contributed by atoms with Crippen LogP contribution in [-0.2, 0) is 11.8 Å². The topological polar surface area (TPSA) is 134 Å². The van der Waals surface area contributed by atoms with Crippen LogP contribution in [0, 0.1) is 0 Å². The van der Waals surface area contributed by atoms with Crippen LogP contribution >= 0.6 is 11.6 Å². The first-order valence-electron chi connectivity index (χ1n) is 10.0. The van der Waals surface area contributed by atoms with Crippen LogP contribution in [-0.4, -0.2) is 56.2 Å². The summed E-state index contributed by atoms with van der Waals surface area (Å²) >= 11 is 6.46. The predicted molar refractivity (Wildman–Crippen MR) is 119 cm³/mol. The van der Waals surface area contributed by atoms with Crippen molar-refractivity contribution < 1.29 is 19.2 Å². The molecule has 3 aromatic rings. The van der Waals surface area contributed by atoms with Crippen molar-refractivity contribution >= 4 is 35.1 Å². The Bertz CT molecular complexity index is 1260. The Hall–Kier alpha value is -3.86. The van der Waals surface area contributed by atoms with Gasteiger partial charge in [-0.15, -0.1) is 0 Å². The number of piperazine rings is 1. The van der Waals surface area contributed by atoms with Gasteiger partial charge in [0.1, 0.15) is 12.0 Å². The van der Waals surface area contributed by atoms with Gasteiger partial charge >= 0.3 is 0 Å². The molecule has 1 unspecified atom stereocenters. The summed E-state index contributed by atoms with van der Waals surface area (Å²) in [5, 5.41) is 16.8. The quantitative estimate of drug-likeness (QED) is 0.587. The van der Waals surface area contributed by atoms with Gasteiger partial charge in [0.15, 0.2) is 5.69 Å². The minimum absolute atomic E-state index is 0.0898. The number of halogens is 1. The molecule has 0 saturated carbocycles. The molecule has 2 amide bonds. The zero-order valence-electron chi connectivity index (χ0n) is 17.9. The van der Waals surface area contributed by atoms with Crippen molar-refractivity contribution in [1.29, 1.82) is 0 Å². The molecule has 172 valence electrons. The summed E-state index contributed by atoms with van der Waals surface area (Å²) < 4.78 is 5.85. The zero-order valence-corrected chi connectivity index (χ0v) is 18.6. The van der Waals surface area contributed by atoms with Gasteiger partial charge in [-0.05, 0) is 11.6 Å². The highest BCUT2D eigenvalue weighted by atomic mass is 35.5. The van der Waals surface area contributed by atoms with Crippen LogP contribution in [0.2, 0.25) is 5.02 Å². The number of aromatic nitrogens is 3. The molecule has 12 heteroatoms. The molecule has 4 rings (SSSR count). The molecular weight excluding hydrogens is 452 g/mol. The fraction of sp³-hybridized carbons (Fsp3) is 0.286. The maximum Gasteiger partial charge on any atom is 0.297 e. The van der Waals surface area contributed by atoms with E-state index in [-0.39, 0.29) is 17.5 Å². The van der Waals surface area contributed by atoms with Gasteiger partial charge in [-0.25, -0.2) is 4.98 Å². The molecular formula is C21H21ClN6O5. The highest BCUT2D eigenvalue weighted by Gasteiger charge is 2.34. The normalized spacial score (nSPS) is 16.0. The summed E-state index contributed by atoms with van der Waals surface area (Å²) in [7, 11) is 1.45. The van der Waals surface area contributed by atoms with Crippen molar-refractivity contribution in [3.63, 3.8) is 0 Å². The van der Waals surface area contributed by atoms with E-state index in [4.69, 9.17) is 11.6 Å². The number of nitrogens with one attached hydrogen (secondary N) is 1. The molecule has 0 bridgehead atoms. The highest BCUT2D eigenvalue weighted by Crippen LogP contribution is 2.33. The Kier molecular flexibility index (Phi) is 6.05. The summed E-state index contributed by atoms with van der Waals surface area (Å²) in [5.41, 5.74) is -0.251. The molecule has 1 aliphatic heterocycles. The van der Waals surface area contributed by atoms with Gasteiger partial charge in [-0.3, -0.25) is 19.0 Å². The van der Waals surface area contributed by atoms with Crippen LogP contribution in [0.25, 0.3) is 0 Å². The molecule has 1 fully saturated rings. The Morgan fingerprint density at radius 1 is 1.27 bits per heavy atom. The smallest absolute Gasteiger partial charge is 0.297 e. The average Bonchev–Trinajstić information content (AvgIpc) is 3.31. The third kappa shape index (κ3) is 4.27. The van der Waals surface area contributed by atoms with Crippen LogP contribution in [0.1, 0.15) is 29.0 Å². The van der Waals surface area contributed by atoms with E-state index >= 15 is 0 Å². The third-order valence-corrected chi connectivity index (χ3v) is 5.84. The monoisotopic (exact) mass is 472 g/mol. The van der Waals surface area contributed by atoms with Gasteiger partial charge in [0.2, 0.25) is 17.6 Å². The number of hydrogen-bond donors (Lipinski definition) is 2. The highest BCUT2D eigenvalue weighted by molar-refractivity contribution is 6.31. The largest absolute Gasteiger partial charge is 0.501 e. The number of nitrogens with zero attached hydrogens (tertiary/aromatic N) is 5. The van der Waals surface area contributed by atoms with Gasteiger partial charge in [0.05, 0.1) is 12.2 Å². The lowest BCUT2D eigenvalue weighted by molar-refractivity contribution is -0.129. The number of amides is 2. The van der Waals surface area contributed by atoms with Crippen LogP contribution in [0.3, 0.4) is 0 Å². The lowest BCUT2D eigenvalue weighted by Crippen LogP contribution is -2.51. The van der Waals surface area contributed by atoms with Crippen molar-refractivity contribution in [2.45, 2.75) is 13.0 Å². The molecule has 2 N–H and O–H groups in total. The van der Waals surface area contributed by atoms with E-state index in [0.29, 0.717) is 24.7 Å². The second kappa shape index (κ2) is 8.94. The van der Waals surface area contributed by atoms with Crippen molar-refractivity contribution in [1.82, 2.24) is 19.6 Å². The van der Waals surface area contributed by atoms with Gasteiger partial charge in [-0.1, -0.05) is 35.0 Å². The Labute approximate surface area is 193 Å². The van der Waals surface area contributed by atoms with Crippen LogP contribution in [0.5, 0.6) is 5.75 Å². The summed E-state index contributed by atoms with van der Waals surface area (Å²) in [6.45, 7) is 2.50. The first-order valence-corrected chi connectivity index (χ1v) is 10.4. The van der Waals surface area contributed by atoms with E-state index in [1.165, 1.54) is 31.0 Å². The molecule has 1 atom stereocenters. The first-order chi connectivity index (χ1) is 15.8. The summed E-state index contributed by atoms with van der Waals surface area (Å²) in [4.78, 5) is 45.4. The second-order valence-electron chi connectivity index (χ2n) is 7.54. The second-order valence-corrected chi connectivity index (χ2v) is 7.94. The maximum absolute atomic E-state index is 12.8. The lowest BCUT2D eigenvalue weighted by atomic mass is 10.0. The summed E-state index contributed by atoms with van der Waals surface area (Å²) in [6.07, 6.45) is 2.47. The van der Waals surface area contributed by atoms with Crippen molar-refractivity contribution in [3.8, 4) is 5.75 Å². The summed E-state index contributed by atoms with van der Waals surface area (Å²) in [6, 6.07) is 6.76. The number of benzene rings is 1. The lowest BCUT2D eigenvalue weighted by Gasteiger charge is -2.42. The molecule has 11 nitrogen and oxygen atoms in total. The number of aromatic hydroxyl groups is 1. The number of hydrogen-bond acceptors (Lipinski definition) is 8. The minimum Gasteiger partial charge on any atom is -0.501 e. The van der Waals surface area contributed by atoms with Gasteiger partial charge in [0, 0.05) is 38.6 Å².